The molecule has 0 saturated heterocycles. The molecule has 0 atom stereocenters. The van der Waals surface area contributed by atoms with E-state index in [1.807, 2.05) is 0 Å². The van der Waals surface area contributed by atoms with Gasteiger partial charge in [0.25, 0.3) is 0 Å². The first-order chi connectivity index (χ1) is 10.3. The molecule has 0 radical (unpaired) electrons. The SMILES string of the molecule is CC(C)O.CCCCOCCCC.Cc1cc(C)cc(C)c1. The number of hydrogen-bond donors (Lipinski definition) is 1. The van der Waals surface area contributed by atoms with E-state index in [1.165, 1.54) is 42.4 Å². The molecule has 1 aromatic carbocycles. The number of benzene rings is 1. The zero-order chi connectivity index (χ0) is 17.4. The summed E-state index contributed by atoms with van der Waals surface area (Å²) in [5, 5.41) is 8.06. The molecule has 1 N–H and O–H groups in total. The highest BCUT2D eigenvalue weighted by Crippen LogP contribution is 2.06. The van der Waals surface area contributed by atoms with Crippen LogP contribution in [0.25, 0.3) is 0 Å². The van der Waals surface area contributed by atoms with Crippen LogP contribution < -0.4 is 0 Å². The second kappa shape index (κ2) is 16.5. The van der Waals surface area contributed by atoms with Gasteiger partial charge >= 0.3 is 0 Å². The van der Waals surface area contributed by atoms with E-state index in [0.29, 0.717) is 0 Å². The lowest BCUT2D eigenvalue weighted by atomic mass is 10.1. The topological polar surface area (TPSA) is 29.5 Å². The van der Waals surface area contributed by atoms with Crippen LogP contribution in [0.1, 0.15) is 70.1 Å². The maximum absolute atomic E-state index is 8.06. The Labute approximate surface area is 138 Å². The third-order valence-electron chi connectivity index (χ3n) is 2.65. The monoisotopic (exact) mass is 310 g/mol. The van der Waals surface area contributed by atoms with Crippen molar-refractivity contribution in [3.63, 3.8) is 0 Å². The highest BCUT2D eigenvalue weighted by Gasteiger charge is 1.87. The zero-order valence-corrected chi connectivity index (χ0v) is 15.9. The largest absolute Gasteiger partial charge is 0.394 e. The summed E-state index contributed by atoms with van der Waals surface area (Å²) in [6.07, 6.45) is 4.74. The van der Waals surface area contributed by atoms with Crippen molar-refractivity contribution in [1.82, 2.24) is 0 Å². The van der Waals surface area contributed by atoms with Gasteiger partial charge in [0.05, 0.1) is 0 Å². The molecule has 1 aromatic rings. The van der Waals surface area contributed by atoms with Crippen LogP contribution in [-0.4, -0.2) is 24.4 Å². The number of hydrogen-bond acceptors (Lipinski definition) is 2. The average Bonchev–Trinajstić information content (AvgIpc) is 2.37. The van der Waals surface area contributed by atoms with Crippen molar-refractivity contribution in [2.24, 2.45) is 0 Å². The third-order valence-corrected chi connectivity index (χ3v) is 2.65. The van der Waals surface area contributed by atoms with Crippen molar-refractivity contribution in [3.8, 4) is 0 Å². The van der Waals surface area contributed by atoms with Gasteiger partial charge in [-0.25, -0.2) is 0 Å². The van der Waals surface area contributed by atoms with Gasteiger partial charge < -0.3 is 9.84 Å². The maximum atomic E-state index is 8.06. The number of rotatable bonds is 6. The normalized spacial score (nSPS) is 9.68. The summed E-state index contributed by atoms with van der Waals surface area (Å²) in [7, 11) is 0. The molecule has 130 valence electrons. The van der Waals surface area contributed by atoms with Gasteiger partial charge in [-0.1, -0.05) is 61.6 Å². The minimum absolute atomic E-state index is 0.167. The summed E-state index contributed by atoms with van der Waals surface area (Å²) in [4.78, 5) is 0. The summed E-state index contributed by atoms with van der Waals surface area (Å²) in [5.74, 6) is 0. The number of aliphatic hydroxyl groups is 1. The van der Waals surface area contributed by atoms with Gasteiger partial charge in [0, 0.05) is 19.3 Å². The van der Waals surface area contributed by atoms with Crippen LogP contribution in [0.4, 0.5) is 0 Å². The second-order valence-electron chi connectivity index (χ2n) is 6.08. The molecule has 0 spiro atoms. The van der Waals surface area contributed by atoms with Gasteiger partial charge in [0.15, 0.2) is 0 Å². The van der Waals surface area contributed by atoms with Crippen LogP contribution in [0.3, 0.4) is 0 Å². The predicted molar refractivity (Wildman–Crippen MR) is 98.6 cm³/mol. The zero-order valence-electron chi connectivity index (χ0n) is 15.9. The smallest absolute Gasteiger partial charge is 0.0483 e. The molecule has 0 aliphatic heterocycles. The fourth-order valence-electron chi connectivity index (χ4n) is 1.80. The van der Waals surface area contributed by atoms with Gasteiger partial charge in [-0.2, -0.15) is 0 Å². The molecule has 0 aliphatic rings. The molecule has 2 heteroatoms. The Kier molecular flexibility index (Phi) is 17.6. The van der Waals surface area contributed by atoms with Crippen LogP contribution in [0.15, 0.2) is 18.2 Å². The summed E-state index contributed by atoms with van der Waals surface area (Å²) < 4.78 is 5.31. The van der Waals surface area contributed by atoms with Gasteiger partial charge in [-0.15, -0.1) is 0 Å². The lowest BCUT2D eigenvalue weighted by molar-refractivity contribution is 0.128. The lowest BCUT2D eigenvalue weighted by Gasteiger charge is -1.99. The maximum Gasteiger partial charge on any atom is 0.0483 e. The fourth-order valence-corrected chi connectivity index (χ4v) is 1.80. The number of ether oxygens (including phenoxy) is 1. The number of aryl methyl sites for hydroxylation is 3. The van der Waals surface area contributed by atoms with Crippen molar-refractivity contribution in [2.75, 3.05) is 13.2 Å². The van der Waals surface area contributed by atoms with Crippen molar-refractivity contribution < 1.29 is 9.84 Å². The molecule has 22 heavy (non-hydrogen) atoms. The van der Waals surface area contributed by atoms with Gasteiger partial charge in [-0.05, 0) is 47.5 Å². The second-order valence-corrected chi connectivity index (χ2v) is 6.08. The standard InChI is InChI=1S/C9H12.C8H18O.C3H8O/c1-7-4-8(2)6-9(3)5-7;1-3-5-7-9-8-6-4-2;1-3(2)4/h4-6H,1-3H3;3-8H2,1-2H3;3-4H,1-2H3. The summed E-state index contributed by atoms with van der Waals surface area (Å²) >= 11 is 0. The first-order valence-electron chi connectivity index (χ1n) is 8.64. The molecule has 0 aliphatic carbocycles. The van der Waals surface area contributed by atoms with E-state index in [-0.39, 0.29) is 6.10 Å². The average molecular weight is 311 g/mol. The first-order valence-corrected chi connectivity index (χ1v) is 8.64. The number of aliphatic hydroxyl groups excluding tert-OH is 1. The van der Waals surface area contributed by atoms with E-state index < -0.39 is 0 Å². The Morgan fingerprint density at radius 3 is 1.32 bits per heavy atom. The minimum Gasteiger partial charge on any atom is -0.394 e. The summed E-state index contributed by atoms with van der Waals surface area (Å²) in [6, 6.07) is 6.56. The molecule has 0 saturated carbocycles. The molecule has 0 aromatic heterocycles. The van der Waals surface area contributed by atoms with Crippen molar-refractivity contribution >= 4 is 0 Å². The van der Waals surface area contributed by atoms with E-state index in [4.69, 9.17) is 9.84 Å². The van der Waals surface area contributed by atoms with Crippen LogP contribution >= 0.6 is 0 Å². The molecule has 2 nitrogen and oxygen atoms in total. The molecular formula is C20H38O2. The first kappa shape index (κ1) is 23.4. The van der Waals surface area contributed by atoms with E-state index in [2.05, 4.69) is 52.8 Å². The molecule has 1 rings (SSSR count). The van der Waals surface area contributed by atoms with Crippen LogP contribution in [0.5, 0.6) is 0 Å². The molecule has 0 bridgehead atoms. The van der Waals surface area contributed by atoms with Gasteiger partial charge in [0.2, 0.25) is 0 Å². The molecular weight excluding hydrogens is 272 g/mol. The van der Waals surface area contributed by atoms with Gasteiger partial charge in [0.1, 0.15) is 0 Å². The third kappa shape index (κ3) is 21.4. The quantitative estimate of drug-likeness (QED) is 0.693. The molecule has 0 amide bonds. The van der Waals surface area contributed by atoms with E-state index >= 15 is 0 Å². The highest BCUT2D eigenvalue weighted by atomic mass is 16.5. The van der Waals surface area contributed by atoms with Crippen molar-refractivity contribution in [2.45, 2.75) is 80.3 Å². The fraction of sp³-hybridized carbons (Fsp3) is 0.700. The Bertz CT molecular complexity index is 286. The number of unbranched alkanes of at least 4 members (excludes halogenated alkanes) is 2. The van der Waals surface area contributed by atoms with Crippen LogP contribution in [-0.2, 0) is 4.74 Å². The Morgan fingerprint density at radius 1 is 0.818 bits per heavy atom. The summed E-state index contributed by atoms with van der Waals surface area (Å²) in [6.45, 7) is 16.1. The minimum atomic E-state index is -0.167. The van der Waals surface area contributed by atoms with E-state index in [1.54, 1.807) is 13.8 Å². The molecule has 0 fully saturated rings. The van der Waals surface area contributed by atoms with Gasteiger partial charge in [-0.3, -0.25) is 0 Å². The molecule has 0 heterocycles. The Hall–Kier alpha value is -0.860. The summed E-state index contributed by atoms with van der Waals surface area (Å²) in [5.41, 5.74) is 4.06. The lowest BCUT2D eigenvalue weighted by Crippen LogP contribution is -1.95. The Balaban J connectivity index is 0. The van der Waals surface area contributed by atoms with E-state index in [0.717, 1.165) is 13.2 Å². The predicted octanol–water partition coefficient (Wildman–Crippen LogP) is 5.60. The van der Waals surface area contributed by atoms with Crippen molar-refractivity contribution in [3.05, 3.63) is 34.9 Å². The molecule has 0 unspecified atom stereocenters. The van der Waals surface area contributed by atoms with Crippen molar-refractivity contribution in [1.29, 1.82) is 0 Å². The van der Waals surface area contributed by atoms with Crippen LogP contribution in [0, 0.1) is 20.8 Å². The Morgan fingerprint density at radius 2 is 1.09 bits per heavy atom. The van der Waals surface area contributed by atoms with Crippen LogP contribution in [0.2, 0.25) is 0 Å². The highest BCUT2D eigenvalue weighted by molar-refractivity contribution is 5.27. The van der Waals surface area contributed by atoms with E-state index in [9.17, 15) is 0 Å².